The summed E-state index contributed by atoms with van der Waals surface area (Å²) in [6.07, 6.45) is -2.78. The molecule has 3 aromatic heterocycles. The minimum absolute atomic E-state index is 0.0100. The Balaban J connectivity index is 2.12. The van der Waals surface area contributed by atoms with Crippen molar-refractivity contribution in [3.63, 3.8) is 0 Å². The monoisotopic (exact) mass is 498 g/mol. The van der Waals surface area contributed by atoms with Crippen molar-refractivity contribution in [1.29, 1.82) is 0 Å². The molecule has 0 bridgehead atoms. The number of hydrogen-bond donors (Lipinski definition) is 0. The van der Waals surface area contributed by atoms with Crippen molar-refractivity contribution in [1.82, 2.24) is 14.0 Å². The van der Waals surface area contributed by atoms with Gasteiger partial charge in [0.2, 0.25) is 0 Å². The molecule has 0 N–H and O–H groups in total. The quantitative estimate of drug-likeness (QED) is 0.306. The number of aryl methyl sites for hydroxylation is 1. The van der Waals surface area contributed by atoms with E-state index in [9.17, 15) is 27.6 Å². The zero-order chi connectivity index (χ0) is 26.0. The number of amides is 1. The van der Waals surface area contributed by atoms with Gasteiger partial charge in [0.15, 0.2) is 5.49 Å². The van der Waals surface area contributed by atoms with Crippen molar-refractivity contribution >= 4 is 28.6 Å². The molecule has 0 spiro atoms. The van der Waals surface area contributed by atoms with Crippen LogP contribution in [0.25, 0.3) is 16.7 Å². The zero-order valence-electron chi connectivity index (χ0n) is 19.4. The number of carbonyl (C=O) groups excluding carboxylic acids is 2. The lowest BCUT2D eigenvalue weighted by molar-refractivity contribution is -0.137. The molecule has 36 heavy (non-hydrogen) atoms. The molecule has 11 heteroatoms. The molecule has 0 radical (unpaired) electrons. The second-order valence-electron chi connectivity index (χ2n) is 7.80. The first kappa shape index (κ1) is 24.8. The van der Waals surface area contributed by atoms with E-state index in [0.717, 1.165) is 12.1 Å². The van der Waals surface area contributed by atoms with Crippen molar-refractivity contribution in [2.45, 2.75) is 33.0 Å². The lowest BCUT2D eigenvalue weighted by Crippen LogP contribution is -2.33. The number of rotatable bonds is 5. The molecule has 0 saturated carbocycles. The average Bonchev–Trinajstić information content (AvgIpc) is 2.85. The van der Waals surface area contributed by atoms with Crippen LogP contribution in [0, 0.1) is 0 Å². The summed E-state index contributed by atoms with van der Waals surface area (Å²) in [5.41, 5.74) is -2.31. The van der Waals surface area contributed by atoms with E-state index in [1.807, 2.05) is 6.92 Å². The van der Waals surface area contributed by atoms with E-state index >= 15 is 0 Å². The maximum absolute atomic E-state index is 13.5. The van der Waals surface area contributed by atoms with Crippen molar-refractivity contribution < 1.29 is 27.5 Å². The minimum Gasteiger partial charge on any atom is -0.462 e. The third-order valence-electron chi connectivity index (χ3n) is 5.40. The Labute approximate surface area is 202 Å². The molecule has 0 aliphatic carbocycles. The van der Waals surface area contributed by atoms with E-state index in [1.54, 1.807) is 25.1 Å². The molecule has 0 atom stereocenters. The summed E-state index contributed by atoms with van der Waals surface area (Å²) >= 11 is 0. The smallest absolute Gasteiger partial charge is 0.417 e. The van der Waals surface area contributed by atoms with Gasteiger partial charge >= 0.3 is 12.1 Å². The average molecular weight is 498 g/mol. The fraction of sp³-hybridized carbons (Fsp3) is 0.240. The highest BCUT2D eigenvalue weighted by molar-refractivity contribution is 5.98. The van der Waals surface area contributed by atoms with Crippen LogP contribution >= 0.6 is 0 Å². The molecule has 3 heterocycles. The molecule has 1 aromatic carbocycles. The van der Waals surface area contributed by atoms with Gasteiger partial charge in [0.25, 0.3) is 11.5 Å². The van der Waals surface area contributed by atoms with E-state index in [4.69, 9.17) is 4.74 Å². The molecule has 0 aliphatic rings. The highest BCUT2D eigenvalue weighted by Crippen LogP contribution is 2.32. The van der Waals surface area contributed by atoms with Crippen molar-refractivity contribution in [3.8, 4) is 0 Å². The molecule has 0 fully saturated rings. The second-order valence-corrected chi connectivity index (χ2v) is 7.80. The van der Waals surface area contributed by atoms with Gasteiger partial charge in [-0.1, -0.05) is 25.1 Å². The SMILES string of the molecule is CCCn1c(=NC(=O)c2ccccc2C(F)(F)F)c(C(=O)OCC)cc2c(=O)n3ccccc3nc21. The van der Waals surface area contributed by atoms with Crippen molar-refractivity contribution in [2.75, 3.05) is 6.61 Å². The van der Waals surface area contributed by atoms with Crippen LogP contribution in [0.4, 0.5) is 13.2 Å². The lowest BCUT2D eigenvalue weighted by atomic mass is 10.1. The second kappa shape index (κ2) is 9.76. The van der Waals surface area contributed by atoms with Gasteiger partial charge in [-0.05, 0) is 43.7 Å². The first-order valence-corrected chi connectivity index (χ1v) is 11.1. The third-order valence-corrected chi connectivity index (χ3v) is 5.40. The number of alkyl halides is 3. The maximum atomic E-state index is 13.5. The number of nitrogens with zero attached hydrogens (tertiary/aromatic N) is 4. The minimum atomic E-state index is -4.79. The standard InChI is InChI=1S/C25H21F3N4O4/c1-3-12-32-20-16(23(34)31-13-8-7-11-19(31)29-20)14-17(24(35)36-4-2)21(32)30-22(33)15-9-5-6-10-18(15)25(26,27)28/h5-11,13-14H,3-4,12H2,1-2H3. The van der Waals surface area contributed by atoms with Crippen LogP contribution in [0.2, 0.25) is 0 Å². The molecule has 1 amide bonds. The number of carbonyl (C=O) groups is 2. The van der Waals surface area contributed by atoms with E-state index in [1.165, 1.54) is 33.4 Å². The summed E-state index contributed by atoms with van der Waals surface area (Å²) < 4.78 is 48.4. The van der Waals surface area contributed by atoms with Crippen molar-refractivity contribution in [3.05, 3.63) is 87.3 Å². The zero-order valence-corrected chi connectivity index (χ0v) is 19.4. The van der Waals surface area contributed by atoms with E-state index in [-0.39, 0.29) is 35.2 Å². The van der Waals surface area contributed by atoms with Gasteiger partial charge in [-0.25, -0.2) is 9.78 Å². The number of pyridine rings is 2. The molecule has 4 aromatic rings. The summed E-state index contributed by atoms with van der Waals surface area (Å²) in [6, 6.07) is 10.4. The molecule has 0 aliphatic heterocycles. The Morgan fingerprint density at radius 1 is 1.06 bits per heavy atom. The number of hydrogen-bond acceptors (Lipinski definition) is 5. The molecule has 0 unspecified atom stereocenters. The van der Waals surface area contributed by atoms with Gasteiger partial charge < -0.3 is 9.30 Å². The lowest BCUT2D eigenvalue weighted by Gasteiger charge is -2.15. The number of esters is 1. The molecule has 186 valence electrons. The van der Waals surface area contributed by atoms with Crippen LogP contribution in [0.5, 0.6) is 0 Å². The Hall–Kier alpha value is -4.28. The Bertz CT molecular complexity index is 1620. The molecule has 0 saturated heterocycles. The predicted octanol–water partition coefficient (Wildman–Crippen LogP) is 4.00. The van der Waals surface area contributed by atoms with E-state index in [2.05, 4.69) is 9.98 Å². The van der Waals surface area contributed by atoms with Gasteiger partial charge in [-0.3, -0.25) is 14.0 Å². The summed E-state index contributed by atoms with van der Waals surface area (Å²) in [5, 5.41) is 0.0669. The van der Waals surface area contributed by atoms with Crippen molar-refractivity contribution in [2.24, 2.45) is 4.99 Å². The largest absolute Gasteiger partial charge is 0.462 e. The van der Waals surface area contributed by atoms with Gasteiger partial charge in [-0.15, -0.1) is 0 Å². The molecular formula is C25H21F3N4O4. The number of halogens is 3. The highest BCUT2D eigenvalue weighted by atomic mass is 19.4. The fourth-order valence-electron chi connectivity index (χ4n) is 3.87. The first-order valence-electron chi connectivity index (χ1n) is 11.1. The fourth-order valence-corrected chi connectivity index (χ4v) is 3.87. The van der Waals surface area contributed by atoms with E-state index < -0.39 is 34.7 Å². The first-order chi connectivity index (χ1) is 17.2. The normalized spacial score (nSPS) is 12.3. The molecule has 8 nitrogen and oxygen atoms in total. The summed E-state index contributed by atoms with van der Waals surface area (Å²) in [6.45, 7) is 3.55. The highest BCUT2D eigenvalue weighted by Gasteiger charge is 2.35. The van der Waals surface area contributed by atoms with E-state index in [0.29, 0.717) is 12.1 Å². The summed E-state index contributed by atoms with van der Waals surface area (Å²) in [5.74, 6) is -2.08. The van der Waals surface area contributed by atoms with Gasteiger partial charge in [0.05, 0.1) is 23.1 Å². The molecular weight excluding hydrogens is 477 g/mol. The maximum Gasteiger partial charge on any atom is 0.417 e. The number of benzene rings is 1. The van der Waals surface area contributed by atoms with Crippen LogP contribution in [0.1, 0.15) is 46.5 Å². The van der Waals surface area contributed by atoms with Crippen LogP contribution in [0.15, 0.2) is 64.5 Å². The van der Waals surface area contributed by atoms with Crippen LogP contribution < -0.4 is 11.0 Å². The topological polar surface area (TPSA) is 95.0 Å². The Morgan fingerprint density at radius 2 is 1.78 bits per heavy atom. The number of ether oxygens (including phenoxy) is 1. The Morgan fingerprint density at radius 3 is 2.47 bits per heavy atom. The summed E-state index contributed by atoms with van der Waals surface area (Å²) in [7, 11) is 0. The van der Waals surface area contributed by atoms with Crippen LogP contribution in [-0.4, -0.2) is 32.4 Å². The Kier molecular flexibility index (Phi) is 6.73. The third kappa shape index (κ3) is 4.51. The van der Waals surface area contributed by atoms with Gasteiger partial charge in [0.1, 0.15) is 16.9 Å². The van der Waals surface area contributed by atoms with Crippen LogP contribution in [0.3, 0.4) is 0 Å². The van der Waals surface area contributed by atoms with Gasteiger partial charge in [-0.2, -0.15) is 18.2 Å². The molecule has 4 rings (SSSR count). The van der Waals surface area contributed by atoms with Gasteiger partial charge in [0, 0.05) is 12.7 Å². The number of aromatic nitrogens is 3. The predicted molar refractivity (Wildman–Crippen MR) is 125 cm³/mol. The number of fused-ring (bicyclic) bond motifs is 2. The van der Waals surface area contributed by atoms with Crippen LogP contribution in [-0.2, 0) is 17.5 Å². The summed E-state index contributed by atoms with van der Waals surface area (Å²) in [4.78, 5) is 47.6.